The third-order valence-corrected chi connectivity index (χ3v) is 4.31. The first kappa shape index (κ1) is 15.2. The van der Waals surface area contributed by atoms with Crippen molar-refractivity contribution in [2.45, 2.75) is 46.1 Å². The Morgan fingerprint density at radius 2 is 1.72 bits per heavy atom. The highest BCUT2D eigenvalue weighted by molar-refractivity contribution is 7.53. The van der Waals surface area contributed by atoms with E-state index in [-0.39, 0.29) is 18.4 Å². The maximum Gasteiger partial charge on any atom is 0.335 e. The quantitative estimate of drug-likeness (QED) is 0.631. The van der Waals surface area contributed by atoms with E-state index < -0.39 is 7.60 Å². The molecule has 0 fully saturated rings. The Morgan fingerprint density at radius 3 is 2.17 bits per heavy atom. The van der Waals surface area contributed by atoms with Crippen molar-refractivity contribution in [3.63, 3.8) is 0 Å². The summed E-state index contributed by atoms with van der Waals surface area (Å²) in [6, 6.07) is 7.29. The molecule has 0 atom stereocenters. The van der Waals surface area contributed by atoms with E-state index >= 15 is 0 Å². The van der Waals surface area contributed by atoms with Gasteiger partial charge < -0.3 is 14.8 Å². The van der Waals surface area contributed by atoms with Gasteiger partial charge in [0.2, 0.25) is 0 Å². The molecular weight excluding hydrogens is 249 g/mol. The van der Waals surface area contributed by atoms with E-state index in [0.717, 1.165) is 5.56 Å². The minimum Gasteiger partial charge on any atom is -0.399 e. The van der Waals surface area contributed by atoms with Crippen LogP contribution in [0.5, 0.6) is 0 Å². The monoisotopic (exact) mass is 271 g/mol. The van der Waals surface area contributed by atoms with Crippen molar-refractivity contribution in [1.82, 2.24) is 0 Å². The molecule has 0 spiro atoms. The summed E-state index contributed by atoms with van der Waals surface area (Å²) in [6.07, 6.45) is -0.0414. The van der Waals surface area contributed by atoms with Crippen molar-refractivity contribution in [3.8, 4) is 0 Å². The summed E-state index contributed by atoms with van der Waals surface area (Å²) in [5, 5.41) is 0. The molecule has 18 heavy (non-hydrogen) atoms. The van der Waals surface area contributed by atoms with Crippen molar-refractivity contribution in [2.75, 3.05) is 5.73 Å². The molecule has 0 heterocycles. The van der Waals surface area contributed by atoms with Gasteiger partial charge in [0.05, 0.1) is 18.4 Å². The molecule has 0 saturated carbocycles. The Morgan fingerprint density at radius 1 is 1.17 bits per heavy atom. The van der Waals surface area contributed by atoms with Crippen LogP contribution < -0.4 is 5.73 Å². The lowest BCUT2D eigenvalue weighted by atomic mass is 10.2. The molecule has 1 aromatic rings. The number of nitrogens with two attached hydrogens (primary N) is 1. The zero-order valence-electron chi connectivity index (χ0n) is 11.4. The van der Waals surface area contributed by atoms with Gasteiger partial charge >= 0.3 is 7.60 Å². The van der Waals surface area contributed by atoms with Crippen LogP contribution in [0.25, 0.3) is 0 Å². The largest absolute Gasteiger partial charge is 0.399 e. The van der Waals surface area contributed by atoms with Crippen LogP contribution in [0.1, 0.15) is 33.3 Å². The van der Waals surface area contributed by atoms with E-state index in [2.05, 4.69) is 0 Å². The number of hydrogen-bond acceptors (Lipinski definition) is 4. The van der Waals surface area contributed by atoms with Crippen LogP contribution in [-0.2, 0) is 19.8 Å². The molecule has 0 aromatic heterocycles. The van der Waals surface area contributed by atoms with Crippen LogP contribution in [-0.4, -0.2) is 12.2 Å². The minimum atomic E-state index is -3.13. The predicted octanol–water partition coefficient (Wildman–Crippen LogP) is 3.81. The topological polar surface area (TPSA) is 61.5 Å². The number of hydrogen-bond donors (Lipinski definition) is 1. The summed E-state index contributed by atoms with van der Waals surface area (Å²) in [5.74, 6) is 0. The van der Waals surface area contributed by atoms with E-state index in [9.17, 15) is 4.57 Å². The average Bonchev–Trinajstić information content (AvgIpc) is 2.13. The summed E-state index contributed by atoms with van der Waals surface area (Å²) >= 11 is 0. The molecule has 1 rings (SSSR count). The second kappa shape index (κ2) is 6.37. The SMILES string of the molecule is CC(C)OP(=O)(Cc1cccc(N)c1)OC(C)C. The van der Waals surface area contributed by atoms with E-state index in [1.54, 1.807) is 12.1 Å². The fourth-order valence-electron chi connectivity index (χ4n) is 1.66. The zero-order chi connectivity index (χ0) is 13.8. The molecule has 0 amide bonds. The van der Waals surface area contributed by atoms with Gasteiger partial charge in [-0.1, -0.05) is 12.1 Å². The summed E-state index contributed by atoms with van der Waals surface area (Å²) in [5.41, 5.74) is 7.22. The summed E-state index contributed by atoms with van der Waals surface area (Å²) in [7, 11) is -3.13. The van der Waals surface area contributed by atoms with Gasteiger partial charge in [0.25, 0.3) is 0 Å². The van der Waals surface area contributed by atoms with Crippen molar-refractivity contribution in [1.29, 1.82) is 0 Å². The van der Waals surface area contributed by atoms with Gasteiger partial charge in [0.15, 0.2) is 0 Å². The molecule has 0 aliphatic heterocycles. The van der Waals surface area contributed by atoms with Crippen LogP contribution in [0.3, 0.4) is 0 Å². The molecule has 0 aliphatic carbocycles. The molecular formula is C13H22NO3P. The molecule has 0 bridgehead atoms. The van der Waals surface area contributed by atoms with Gasteiger partial charge in [-0.2, -0.15) is 0 Å². The maximum absolute atomic E-state index is 12.6. The van der Waals surface area contributed by atoms with Gasteiger partial charge in [-0.05, 0) is 45.4 Å². The minimum absolute atomic E-state index is 0.143. The van der Waals surface area contributed by atoms with E-state index in [0.29, 0.717) is 5.69 Å². The predicted molar refractivity (Wildman–Crippen MR) is 74.6 cm³/mol. The first-order valence-electron chi connectivity index (χ1n) is 6.11. The molecule has 4 nitrogen and oxygen atoms in total. The smallest absolute Gasteiger partial charge is 0.335 e. The second-order valence-electron chi connectivity index (χ2n) is 4.82. The van der Waals surface area contributed by atoms with Crippen LogP contribution in [0, 0.1) is 0 Å². The van der Waals surface area contributed by atoms with Crippen molar-refractivity contribution in [2.24, 2.45) is 0 Å². The van der Waals surface area contributed by atoms with Gasteiger partial charge in [-0.15, -0.1) is 0 Å². The molecule has 5 heteroatoms. The summed E-state index contributed by atoms with van der Waals surface area (Å²) in [6.45, 7) is 7.37. The van der Waals surface area contributed by atoms with Gasteiger partial charge in [-0.3, -0.25) is 4.57 Å². The zero-order valence-corrected chi connectivity index (χ0v) is 12.3. The highest BCUT2D eigenvalue weighted by Gasteiger charge is 2.28. The maximum atomic E-state index is 12.6. The third kappa shape index (κ3) is 5.21. The lowest BCUT2D eigenvalue weighted by molar-refractivity contribution is 0.141. The van der Waals surface area contributed by atoms with Gasteiger partial charge in [-0.25, -0.2) is 0 Å². The average molecular weight is 271 g/mol. The van der Waals surface area contributed by atoms with Crippen molar-refractivity contribution >= 4 is 13.3 Å². The van der Waals surface area contributed by atoms with Gasteiger partial charge in [0, 0.05) is 5.69 Å². The van der Waals surface area contributed by atoms with E-state index in [1.807, 2.05) is 39.8 Å². The van der Waals surface area contributed by atoms with Crippen LogP contribution in [0.2, 0.25) is 0 Å². The van der Waals surface area contributed by atoms with E-state index in [4.69, 9.17) is 14.8 Å². The molecule has 1 aromatic carbocycles. The van der Waals surface area contributed by atoms with Crippen molar-refractivity contribution in [3.05, 3.63) is 29.8 Å². The summed E-state index contributed by atoms with van der Waals surface area (Å²) < 4.78 is 23.6. The fraction of sp³-hybridized carbons (Fsp3) is 0.538. The van der Waals surface area contributed by atoms with Crippen LogP contribution in [0.4, 0.5) is 5.69 Å². The lowest BCUT2D eigenvalue weighted by Crippen LogP contribution is -2.09. The first-order valence-corrected chi connectivity index (χ1v) is 7.84. The molecule has 0 aliphatic rings. The molecule has 0 radical (unpaired) electrons. The number of rotatable bonds is 6. The highest BCUT2D eigenvalue weighted by atomic mass is 31.2. The molecule has 2 N–H and O–H groups in total. The van der Waals surface area contributed by atoms with Crippen LogP contribution in [0.15, 0.2) is 24.3 Å². The highest BCUT2D eigenvalue weighted by Crippen LogP contribution is 2.53. The Hall–Kier alpha value is -0.830. The Bertz CT molecular complexity index is 418. The normalized spacial score (nSPS) is 12.3. The third-order valence-electron chi connectivity index (χ3n) is 2.07. The number of benzene rings is 1. The lowest BCUT2D eigenvalue weighted by Gasteiger charge is -2.22. The van der Waals surface area contributed by atoms with Crippen LogP contribution >= 0.6 is 7.60 Å². The Labute approximate surface area is 109 Å². The van der Waals surface area contributed by atoms with E-state index in [1.165, 1.54) is 0 Å². The first-order chi connectivity index (χ1) is 8.31. The Balaban J connectivity index is 2.87. The Kier molecular flexibility index (Phi) is 5.39. The van der Waals surface area contributed by atoms with Crippen molar-refractivity contribution < 1.29 is 13.6 Å². The standard InChI is InChI=1S/C13H22NO3P/c1-10(2)16-18(15,17-11(3)4)9-12-6-5-7-13(14)8-12/h5-8,10-11H,9,14H2,1-4H3. The number of anilines is 1. The fourth-order valence-corrected chi connectivity index (χ4v) is 3.78. The molecule has 0 unspecified atom stereocenters. The molecule has 102 valence electrons. The van der Waals surface area contributed by atoms with Gasteiger partial charge in [0.1, 0.15) is 0 Å². The summed E-state index contributed by atoms with van der Waals surface area (Å²) in [4.78, 5) is 0. The number of nitrogen functional groups attached to an aromatic ring is 1. The second-order valence-corrected chi connectivity index (χ2v) is 6.78. The molecule has 0 saturated heterocycles.